The van der Waals surface area contributed by atoms with Crippen LogP contribution in [0.3, 0.4) is 0 Å². The molecule has 1 heterocycles. The van der Waals surface area contributed by atoms with E-state index in [-0.39, 0.29) is 6.10 Å². The molecule has 0 aromatic rings. The molecular weight excluding hydrogens is 162 g/mol. The molecule has 0 aromatic heterocycles. The smallest absolute Gasteiger partial charge is 0.0704 e. The lowest BCUT2D eigenvalue weighted by Gasteiger charge is -2.14. The highest BCUT2D eigenvalue weighted by molar-refractivity contribution is 4.89. The number of hydrogen-bond donors (Lipinski definition) is 2. The van der Waals surface area contributed by atoms with Gasteiger partial charge in [-0.15, -0.1) is 0 Å². The van der Waals surface area contributed by atoms with Crippen LogP contribution < -0.4 is 5.32 Å². The lowest BCUT2D eigenvalue weighted by molar-refractivity contribution is 0.140. The minimum Gasteiger partial charge on any atom is -0.391 e. The molecule has 0 unspecified atom stereocenters. The molecule has 2 heteroatoms. The first-order chi connectivity index (χ1) is 6.20. The summed E-state index contributed by atoms with van der Waals surface area (Å²) in [6.45, 7) is 4.22. The van der Waals surface area contributed by atoms with Crippen molar-refractivity contribution in [1.29, 1.82) is 0 Å². The zero-order valence-corrected chi connectivity index (χ0v) is 8.55. The summed E-state index contributed by atoms with van der Waals surface area (Å²) in [5.41, 5.74) is 0.691. The van der Waals surface area contributed by atoms with E-state index < -0.39 is 0 Å². The van der Waals surface area contributed by atoms with Crippen LogP contribution in [0, 0.1) is 11.3 Å². The summed E-state index contributed by atoms with van der Waals surface area (Å²) in [6, 6.07) is 0. The first kappa shape index (κ1) is 9.47. The van der Waals surface area contributed by atoms with Crippen molar-refractivity contribution in [2.45, 2.75) is 45.1 Å². The fraction of sp³-hybridized carbons (Fsp3) is 1.00. The average molecular weight is 183 g/mol. The Morgan fingerprint density at radius 3 is 2.69 bits per heavy atom. The monoisotopic (exact) mass is 183 g/mol. The molecule has 1 saturated heterocycles. The summed E-state index contributed by atoms with van der Waals surface area (Å²) in [5.74, 6) is 0.530. The predicted molar refractivity (Wildman–Crippen MR) is 53.6 cm³/mol. The van der Waals surface area contributed by atoms with Gasteiger partial charge in [0.25, 0.3) is 0 Å². The van der Waals surface area contributed by atoms with Gasteiger partial charge >= 0.3 is 0 Å². The number of nitrogens with one attached hydrogen (secondary N) is 1. The summed E-state index contributed by atoms with van der Waals surface area (Å²) in [7, 11) is 0. The molecule has 0 radical (unpaired) electrons. The van der Waals surface area contributed by atoms with Crippen molar-refractivity contribution < 1.29 is 5.11 Å². The maximum absolute atomic E-state index is 9.57. The van der Waals surface area contributed by atoms with Crippen molar-refractivity contribution in [1.82, 2.24) is 5.32 Å². The van der Waals surface area contributed by atoms with Crippen molar-refractivity contribution in [2.24, 2.45) is 11.3 Å². The minimum absolute atomic E-state index is 0.0768. The fourth-order valence-electron chi connectivity index (χ4n) is 2.27. The standard InChI is InChI=1S/C11H21NO/c1-11(5-6-11)4-2-3-9-7-12-8-10(9)13/h9-10,12-13H,2-8H2,1H3/t9-,10-/m1/s1. The van der Waals surface area contributed by atoms with Gasteiger partial charge in [-0.1, -0.05) is 13.3 Å². The van der Waals surface area contributed by atoms with Crippen LogP contribution in [0.5, 0.6) is 0 Å². The fourth-order valence-corrected chi connectivity index (χ4v) is 2.27. The minimum atomic E-state index is -0.0768. The third-order valence-corrected chi connectivity index (χ3v) is 3.76. The quantitative estimate of drug-likeness (QED) is 0.693. The van der Waals surface area contributed by atoms with Crippen LogP contribution in [0.1, 0.15) is 39.0 Å². The van der Waals surface area contributed by atoms with E-state index in [0.29, 0.717) is 11.3 Å². The zero-order valence-electron chi connectivity index (χ0n) is 8.55. The Labute approximate surface area is 80.7 Å². The molecule has 2 fully saturated rings. The third-order valence-electron chi connectivity index (χ3n) is 3.76. The molecule has 13 heavy (non-hydrogen) atoms. The van der Waals surface area contributed by atoms with Crippen LogP contribution in [0.4, 0.5) is 0 Å². The van der Waals surface area contributed by atoms with Gasteiger partial charge in [0, 0.05) is 13.1 Å². The Bertz CT molecular complexity index is 177. The van der Waals surface area contributed by atoms with Crippen molar-refractivity contribution in [3.05, 3.63) is 0 Å². The molecule has 0 bridgehead atoms. The van der Waals surface area contributed by atoms with Gasteiger partial charge in [-0.25, -0.2) is 0 Å². The second kappa shape index (κ2) is 3.58. The molecule has 2 aliphatic rings. The van der Waals surface area contributed by atoms with Crippen molar-refractivity contribution in [3.63, 3.8) is 0 Å². The molecule has 1 aliphatic heterocycles. The van der Waals surface area contributed by atoms with Crippen LogP contribution in [0.25, 0.3) is 0 Å². The normalized spacial score (nSPS) is 36.5. The van der Waals surface area contributed by atoms with E-state index in [1.165, 1.54) is 32.1 Å². The van der Waals surface area contributed by atoms with E-state index in [9.17, 15) is 5.11 Å². The maximum Gasteiger partial charge on any atom is 0.0704 e. The van der Waals surface area contributed by atoms with E-state index in [2.05, 4.69) is 12.2 Å². The van der Waals surface area contributed by atoms with Crippen LogP contribution >= 0.6 is 0 Å². The van der Waals surface area contributed by atoms with E-state index in [4.69, 9.17) is 0 Å². The maximum atomic E-state index is 9.57. The van der Waals surface area contributed by atoms with Crippen molar-refractivity contribution in [3.8, 4) is 0 Å². The van der Waals surface area contributed by atoms with Crippen LogP contribution in [0.2, 0.25) is 0 Å². The predicted octanol–water partition coefficient (Wildman–Crippen LogP) is 1.54. The molecule has 2 rings (SSSR count). The molecule has 2 N–H and O–H groups in total. The summed E-state index contributed by atoms with van der Waals surface area (Å²) in [4.78, 5) is 0. The van der Waals surface area contributed by atoms with Crippen LogP contribution in [0.15, 0.2) is 0 Å². The Hall–Kier alpha value is -0.0800. The lowest BCUT2D eigenvalue weighted by atomic mass is 9.94. The van der Waals surface area contributed by atoms with Gasteiger partial charge < -0.3 is 10.4 Å². The molecule has 0 aromatic carbocycles. The molecule has 1 saturated carbocycles. The number of hydrogen-bond acceptors (Lipinski definition) is 2. The van der Waals surface area contributed by atoms with Gasteiger partial charge in [-0.05, 0) is 37.0 Å². The molecular formula is C11H21NO. The van der Waals surface area contributed by atoms with E-state index in [0.717, 1.165) is 13.1 Å². The molecule has 2 atom stereocenters. The van der Waals surface area contributed by atoms with Crippen LogP contribution in [-0.4, -0.2) is 24.3 Å². The number of aliphatic hydroxyl groups is 1. The highest BCUT2D eigenvalue weighted by Gasteiger charge is 2.36. The summed E-state index contributed by atoms with van der Waals surface area (Å²) < 4.78 is 0. The Kier molecular flexibility index (Phi) is 2.61. The average Bonchev–Trinajstić information content (AvgIpc) is 2.68. The highest BCUT2D eigenvalue weighted by Crippen LogP contribution is 2.49. The summed E-state index contributed by atoms with van der Waals surface area (Å²) in [5, 5.41) is 12.8. The molecule has 2 nitrogen and oxygen atoms in total. The molecule has 0 amide bonds. The molecule has 0 spiro atoms. The highest BCUT2D eigenvalue weighted by atomic mass is 16.3. The topological polar surface area (TPSA) is 32.3 Å². The van der Waals surface area contributed by atoms with Gasteiger partial charge in [-0.2, -0.15) is 0 Å². The van der Waals surface area contributed by atoms with Gasteiger partial charge in [0.2, 0.25) is 0 Å². The Morgan fingerprint density at radius 1 is 1.38 bits per heavy atom. The lowest BCUT2D eigenvalue weighted by Crippen LogP contribution is -2.17. The van der Waals surface area contributed by atoms with Gasteiger partial charge in [0.1, 0.15) is 0 Å². The number of β-amino-alcohol motifs (C(OH)–C–C–N with tert-alkyl or cyclic N) is 1. The third kappa shape index (κ3) is 2.44. The molecule has 1 aliphatic carbocycles. The SMILES string of the molecule is CC1(CCC[C@@H]2CNC[C@H]2O)CC1. The van der Waals surface area contributed by atoms with E-state index in [1.54, 1.807) is 0 Å². The van der Waals surface area contributed by atoms with Crippen molar-refractivity contribution in [2.75, 3.05) is 13.1 Å². The molecule has 76 valence electrons. The second-order valence-electron chi connectivity index (χ2n) is 5.19. The Morgan fingerprint density at radius 2 is 2.15 bits per heavy atom. The van der Waals surface area contributed by atoms with Gasteiger partial charge in [0.15, 0.2) is 0 Å². The summed E-state index contributed by atoms with van der Waals surface area (Å²) in [6.07, 6.45) is 6.67. The first-order valence-electron chi connectivity index (χ1n) is 5.58. The first-order valence-corrected chi connectivity index (χ1v) is 5.58. The van der Waals surface area contributed by atoms with E-state index >= 15 is 0 Å². The largest absolute Gasteiger partial charge is 0.391 e. The van der Waals surface area contributed by atoms with Crippen molar-refractivity contribution >= 4 is 0 Å². The number of rotatable bonds is 4. The number of aliphatic hydroxyl groups excluding tert-OH is 1. The summed E-state index contributed by atoms with van der Waals surface area (Å²) >= 11 is 0. The van der Waals surface area contributed by atoms with E-state index in [1.807, 2.05) is 0 Å². The Balaban J connectivity index is 1.62. The zero-order chi connectivity index (χ0) is 9.31. The van der Waals surface area contributed by atoms with Gasteiger partial charge in [0.05, 0.1) is 6.10 Å². The van der Waals surface area contributed by atoms with Crippen LogP contribution in [-0.2, 0) is 0 Å². The van der Waals surface area contributed by atoms with Gasteiger partial charge in [-0.3, -0.25) is 0 Å². The second-order valence-corrected chi connectivity index (χ2v) is 5.19.